The van der Waals surface area contributed by atoms with Crippen LogP contribution >= 0.6 is 10.8 Å². The molecule has 0 aromatic heterocycles. The van der Waals surface area contributed by atoms with Crippen molar-refractivity contribution in [3.05, 3.63) is 59.2 Å². The monoisotopic (exact) mass is 555 g/mol. The van der Waals surface area contributed by atoms with E-state index in [-0.39, 0.29) is 40.2 Å². The molecule has 210 valence electrons. The lowest BCUT2D eigenvalue weighted by molar-refractivity contribution is -0.121. The van der Waals surface area contributed by atoms with E-state index in [0.29, 0.717) is 35.9 Å². The van der Waals surface area contributed by atoms with Gasteiger partial charge in [0, 0.05) is 11.6 Å². The summed E-state index contributed by atoms with van der Waals surface area (Å²) in [5, 5.41) is 14.5. The zero-order chi connectivity index (χ0) is 28.5. The van der Waals surface area contributed by atoms with Crippen LogP contribution in [0.1, 0.15) is 64.5 Å². The van der Waals surface area contributed by atoms with Crippen LogP contribution in [-0.4, -0.2) is 38.3 Å². The Morgan fingerprint density at radius 3 is 2.33 bits per heavy atom. The average molecular weight is 556 g/mol. The molecular formula is C29H37N3O6S. The van der Waals surface area contributed by atoms with E-state index in [1.54, 1.807) is 6.07 Å². The second kappa shape index (κ2) is 11.0. The maximum absolute atomic E-state index is 14.5. The number of nitrogens with two attached hydrogens (primary N) is 1. The third-order valence-electron chi connectivity index (χ3n) is 7.23. The van der Waals surface area contributed by atoms with Crippen molar-refractivity contribution in [2.45, 2.75) is 63.7 Å². The van der Waals surface area contributed by atoms with Crippen LogP contribution < -0.4 is 15.8 Å². The SMILES string of the molecule is CC(C)CCC1(CCC(C)C)C(=O)C(C2=NS(O)(O)c3cc(OCC(N)=O)ccc3N2)=C(O)c2ccccc21. The van der Waals surface area contributed by atoms with Crippen molar-refractivity contribution in [1.29, 1.82) is 0 Å². The molecule has 6 N–H and O–H groups in total. The molecule has 0 fully saturated rings. The Morgan fingerprint density at radius 1 is 1.08 bits per heavy atom. The summed E-state index contributed by atoms with van der Waals surface area (Å²) in [6, 6.07) is 11.8. The van der Waals surface area contributed by atoms with Gasteiger partial charge in [-0.05, 0) is 55.2 Å². The molecule has 0 bridgehead atoms. The van der Waals surface area contributed by atoms with Gasteiger partial charge in [0.05, 0.1) is 11.1 Å². The highest BCUT2D eigenvalue weighted by Crippen LogP contribution is 2.57. The molecule has 1 aliphatic heterocycles. The number of aliphatic hydroxyl groups is 1. The van der Waals surface area contributed by atoms with Crippen molar-refractivity contribution in [2.75, 3.05) is 11.9 Å². The number of hydrogen-bond acceptors (Lipinski definition) is 8. The fourth-order valence-corrected chi connectivity index (χ4v) is 6.31. The van der Waals surface area contributed by atoms with E-state index < -0.39 is 22.1 Å². The van der Waals surface area contributed by atoms with Crippen molar-refractivity contribution in [2.24, 2.45) is 22.0 Å². The summed E-state index contributed by atoms with van der Waals surface area (Å²) >= 11 is 0. The molecule has 0 unspecified atom stereocenters. The number of nitrogens with one attached hydrogen (secondary N) is 1. The molecule has 0 radical (unpaired) electrons. The highest BCUT2D eigenvalue weighted by molar-refractivity contribution is 8.23. The van der Waals surface area contributed by atoms with Gasteiger partial charge in [0.1, 0.15) is 22.0 Å². The zero-order valence-corrected chi connectivity index (χ0v) is 23.5. The highest BCUT2D eigenvalue weighted by Gasteiger charge is 2.49. The summed E-state index contributed by atoms with van der Waals surface area (Å²) in [7, 11) is -3.78. The Morgan fingerprint density at radius 2 is 1.72 bits per heavy atom. The highest BCUT2D eigenvalue weighted by atomic mass is 32.3. The number of amides is 1. The van der Waals surface area contributed by atoms with Gasteiger partial charge in [-0.25, -0.2) is 0 Å². The van der Waals surface area contributed by atoms with Crippen LogP contribution in [0.15, 0.2) is 57.3 Å². The first-order chi connectivity index (χ1) is 18.4. The number of fused-ring (bicyclic) bond motifs is 2. The van der Waals surface area contributed by atoms with Crippen molar-refractivity contribution < 1.29 is 28.5 Å². The van der Waals surface area contributed by atoms with E-state index in [0.717, 1.165) is 18.4 Å². The topological polar surface area (TPSA) is 154 Å². The second-order valence-corrected chi connectivity index (χ2v) is 12.7. The molecular weight excluding hydrogens is 518 g/mol. The molecule has 10 heteroatoms. The van der Waals surface area contributed by atoms with Gasteiger partial charge >= 0.3 is 0 Å². The molecule has 0 atom stereocenters. The number of ketones is 1. The number of aliphatic hydroxyl groups excluding tert-OH is 1. The molecule has 4 rings (SSSR count). The molecule has 1 aliphatic carbocycles. The number of amidine groups is 1. The van der Waals surface area contributed by atoms with Gasteiger partial charge in [-0.2, -0.15) is 0 Å². The Balaban J connectivity index is 1.83. The molecule has 1 heterocycles. The number of rotatable bonds is 10. The minimum Gasteiger partial charge on any atom is -0.506 e. The lowest BCUT2D eigenvalue weighted by atomic mass is 9.62. The summed E-state index contributed by atoms with van der Waals surface area (Å²) in [5.74, 6) is -0.367. The van der Waals surface area contributed by atoms with Crippen molar-refractivity contribution in [1.82, 2.24) is 0 Å². The average Bonchev–Trinajstić information content (AvgIpc) is 2.87. The molecule has 2 aliphatic rings. The molecule has 9 nitrogen and oxygen atoms in total. The van der Waals surface area contributed by atoms with E-state index in [1.165, 1.54) is 18.2 Å². The van der Waals surface area contributed by atoms with Gasteiger partial charge < -0.3 is 20.9 Å². The molecule has 39 heavy (non-hydrogen) atoms. The summed E-state index contributed by atoms with van der Waals surface area (Å²) < 4.78 is 31.5. The predicted octanol–water partition coefficient (Wildman–Crippen LogP) is 6.06. The number of hydrogen-bond donors (Lipinski definition) is 5. The Bertz CT molecular complexity index is 1340. The van der Waals surface area contributed by atoms with E-state index in [4.69, 9.17) is 10.5 Å². The van der Waals surface area contributed by atoms with Crippen LogP contribution in [0.3, 0.4) is 0 Å². The van der Waals surface area contributed by atoms with E-state index in [2.05, 4.69) is 37.4 Å². The molecule has 2 aromatic carbocycles. The second-order valence-electron chi connectivity index (χ2n) is 11.0. The van der Waals surface area contributed by atoms with Crippen LogP contribution in [0.2, 0.25) is 0 Å². The molecule has 2 aromatic rings. The molecule has 0 spiro atoms. The first-order valence-corrected chi connectivity index (χ1v) is 14.6. The minimum atomic E-state index is -3.78. The number of nitrogens with zero attached hydrogens (tertiary/aromatic N) is 1. The third-order valence-corrected chi connectivity index (χ3v) is 8.60. The van der Waals surface area contributed by atoms with E-state index in [1.807, 2.05) is 18.2 Å². The summed E-state index contributed by atoms with van der Waals surface area (Å²) in [4.78, 5) is 25.6. The number of ether oxygens (including phenoxy) is 1. The molecule has 0 saturated carbocycles. The molecule has 1 amide bonds. The van der Waals surface area contributed by atoms with Crippen LogP contribution in [0.25, 0.3) is 5.76 Å². The fraction of sp³-hybridized carbons (Fsp3) is 0.414. The number of Topliss-reactive ketones (excluding diaryl/α,β-unsaturated/α-hetero) is 1. The summed E-state index contributed by atoms with van der Waals surface area (Å²) in [5.41, 5.74) is 5.82. The lowest BCUT2D eigenvalue weighted by Gasteiger charge is -2.41. The smallest absolute Gasteiger partial charge is 0.255 e. The maximum atomic E-state index is 14.5. The van der Waals surface area contributed by atoms with Gasteiger partial charge in [0.2, 0.25) is 0 Å². The van der Waals surface area contributed by atoms with Crippen molar-refractivity contribution in [3.63, 3.8) is 0 Å². The normalized spacial score (nSPS) is 18.3. The summed E-state index contributed by atoms with van der Waals surface area (Å²) in [6.07, 6.45) is 2.78. The van der Waals surface area contributed by atoms with Gasteiger partial charge in [-0.3, -0.25) is 18.7 Å². The van der Waals surface area contributed by atoms with Crippen LogP contribution in [0, 0.1) is 11.8 Å². The van der Waals surface area contributed by atoms with Crippen LogP contribution in [0.5, 0.6) is 5.75 Å². The Hall–Kier alpha value is -3.34. The lowest BCUT2D eigenvalue weighted by Crippen LogP contribution is -2.44. The number of carbonyl (C=O) groups is 2. The van der Waals surface area contributed by atoms with E-state index >= 15 is 0 Å². The number of primary amides is 1. The van der Waals surface area contributed by atoms with Crippen molar-refractivity contribution in [3.8, 4) is 5.75 Å². The van der Waals surface area contributed by atoms with Crippen molar-refractivity contribution >= 4 is 39.7 Å². The van der Waals surface area contributed by atoms with Gasteiger partial charge in [0.25, 0.3) is 5.91 Å². The first kappa shape index (κ1) is 28.7. The van der Waals surface area contributed by atoms with Gasteiger partial charge in [0.15, 0.2) is 18.2 Å². The van der Waals surface area contributed by atoms with Gasteiger partial charge in [-0.1, -0.05) is 62.7 Å². The standard InChI is InChI=1S/C29H37N3O6S/c1-17(2)11-13-29(14-12-18(3)4)21-8-6-5-7-20(21)26(34)25(27(29)35)28-31-22-10-9-19(38-16-24(30)33)15-23(22)39(36,37)32-28/h5-10,15,17-18,34,36-37H,11-14,16H2,1-4H3,(H2,30,33)(H,31,32). The van der Waals surface area contributed by atoms with Crippen LogP contribution in [-0.2, 0) is 15.0 Å². The molecule has 0 saturated heterocycles. The number of carbonyl (C=O) groups excluding carboxylic acids is 2. The zero-order valence-electron chi connectivity index (χ0n) is 22.7. The van der Waals surface area contributed by atoms with Crippen LogP contribution in [0.4, 0.5) is 5.69 Å². The number of anilines is 1. The summed E-state index contributed by atoms with van der Waals surface area (Å²) in [6.45, 7) is 8.09. The first-order valence-electron chi connectivity index (χ1n) is 13.1. The third kappa shape index (κ3) is 5.68. The number of benzene rings is 2. The fourth-order valence-electron chi connectivity index (χ4n) is 5.13. The predicted molar refractivity (Wildman–Crippen MR) is 154 cm³/mol. The Kier molecular flexibility index (Phi) is 8.11. The quantitative estimate of drug-likeness (QED) is 0.239. The maximum Gasteiger partial charge on any atom is 0.255 e. The minimum absolute atomic E-state index is 0.0443. The van der Waals surface area contributed by atoms with Gasteiger partial charge in [-0.15, -0.1) is 4.40 Å². The van der Waals surface area contributed by atoms with E-state index in [9.17, 15) is 23.8 Å². The Labute approximate surface area is 230 Å². The largest absolute Gasteiger partial charge is 0.506 e.